The molecule has 2 rings (SSSR count). The van der Waals surface area contributed by atoms with Gasteiger partial charge >= 0.3 is 0 Å². The molecule has 0 aliphatic rings. The van der Waals surface area contributed by atoms with Crippen LogP contribution in [-0.4, -0.2) is 0 Å². The van der Waals surface area contributed by atoms with Gasteiger partial charge in [-0.15, -0.1) is 0 Å². The number of rotatable bonds is 4. The van der Waals surface area contributed by atoms with E-state index in [1.807, 2.05) is 6.07 Å². The third kappa shape index (κ3) is 3.89. The van der Waals surface area contributed by atoms with E-state index >= 15 is 0 Å². The van der Waals surface area contributed by atoms with Crippen molar-refractivity contribution in [3.8, 4) is 0 Å². The van der Waals surface area contributed by atoms with Crippen molar-refractivity contribution in [2.75, 3.05) is 0 Å². The summed E-state index contributed by atoms with van der Waals surface area (Å²) in [6.45, 7) is 1.18. The molecule has 0 atom stereocenters. The molecule has 0 aliphatic heterocycles. The van der Waals surface area contributed by atoms with Crippen LogP contribution in [0, 0.1) is 11.6 Å². The highest BCUT2D eigenvalue weighted by atomic mass is 79.9. The van der Waals surface area contributed by atoms with Gasteiger partial charge in [-0.25, -0.2) is 8.78 Å². The van der Waals surface area contributed by atoms with Gasteiger partial charge in [0.1, 0.15) is 11.6 Å². The Labute approximate surface area is 113 Å². The summed E-state index contributed by atoms with van der Waals surface area (Å²) < 4.78 is 26.5. The highest BCUT2D eigenvalue weighted by Crippen LogP contribution is 2.14. The van der Waals surface area contributed by atoms with Crippen LogP contribution < -0.4 is 5.32 Å². The molecule has 1 N–H and O–H groups in total. The molecular formula is C14H12BrF2N. The molecule has 0 saturated carbocycles. The number of hydrogen-bond acceptors (Lipinski definition) is 1. The molecule has 0 aromatic heterocycles. The average molecular weight is 312 g/mol. The Balaban J connectivity index is 1.90. The quantitative estimate of drug-likeness (QED) is 0.899. The van der Waals surface area contributed by atoms with Crippen LogP contribution in [0.15, 0.2) is 46.9 Å². The van der Waals surface area contributed by atoms with Gasteiger partial charge in [0.25, 0.3) is 0 Å². The molecule has 0 bridgehead atoms. The number of benzene rings is 2. The maximum atomic E-state index is 13.1. The van der Waals surface area contributed by atoms with Crippen molar-refractivity contribution in [3.05, 3.63) is 69.7 Å². The van der Waals surface area contributed by atoms with Gasteiger partial charge in [0.2, 0.25) is 0 Å². The first kappa shape index (κ1) is 13.2. The minimum Gasteiger partial charge on any atom is -0.309 e. The van der Waals surface area contributed by atoms with E-state index in [4.69, 9.17) is 0 Å². The van der Waals surface area contributed by atoms with Crippen LogP contribution >= 0.6 is 15.9 Å². The normalized spacial score (nSPS) is 10.6. The van der Waals surface area contributed by atoms with Gasteiger partial charge in [0.05, 0.1) is 0 Å². The molecule has 94 valence electrons. The SMILES string of the molecule is Fc1ccc(CNCc2cc(F)cc(Br)c2)cc1. The zero-order chi connectivity index (χ0) is 13.0. The topological polar surface area (TPSA) is 12.0 Å². The van der Waals surface area contributed by atoms with Crippen molar-refractivity contribution in [1.82, 2.24) is 5.32 Å². The fourth-order valence-corrected chi connectivity index (χ4v) is 2.18. The van der Waals surface area contributed by atoms with E-state index in [1.165, 1.54) is 24.3 Å². The van der Waals surface area contributed by atoms with E-state index in [0.717, 1.165) is 15.6 Å². The molecule has 0 radical (unpaired) electrons. The molecule has 0 spiro atoms. The summed E-state index contributed by atoms with van der Waals surface area (Å²) in [5, 5.41) is 3.18. The lowest BCUT2D eigenvalue weighted by Gasteiger charge is -2.06. The lowest BCUT2D eigenvalue weighted by Crippen LogP contribution is -2.12. The van der Waals surface area contributed by atoms with E-state index in [-0.39, 0.29) is 11.6 Å². The summed E-state index contributed by atoms with van der Waals surface area (Å²) in [7, 11) is 0. The molecule has 0 aliphatic carbocycles. The van der Waals surface area contributed by atoms with Gasteiger partial charge < -0.3 is 5.32 Å². The van der Waals surface area contributed by atoms with Crippen LogP contribution in [0.25, 0.3) is 0 Å². The minimum atomic E-state index is -0.261. The Morgan fingerprint density at radius 3 is 2.17 bits per heavy atom. The first-order valence-electron chi connectivity index (χ1n) is 5.53. The van der Waals surface area contributed by atoms with Gasteiger partial charge in [0, 0.05) is 17.6 Å². The zero-order valence-electron chi connectivity index (χ0n) is 9.59. The fraction of sp³-hybridized carbons (Fsp3) is 0.143. The second kappa shape index (κ2) is 6.07. The first-order valence-corrected chi connectivity index (χ1v) is 6.33. The van der Waals surface area contributed by atoms with Gasteiger partial charge in [-0.3, -0.25) is 0 Å². The predicted octanol–water partition coefficient (Wildman–Crippen LogP) is 4.02. The van der Waals surface area contributed by atoms with Crippen molar-refractivity contribution in [1.29, 1.82) is 0 Å². The maximum Gasteiger partial charge on any atom is 0.124 e. The first-order chi connectivity index (χ1) is 8.63. The van der Waals surface area contributed by atoms with Crippen LogP contribution in [0.2, 0.25) is 0 Å². The van der Waals surface area contributed by atoms with Crippen LogP contribution in [0.4, 0.5) is 8.78 Å². The van der Waals surface area contributed by atoms with Gasteiger partial charge in [-0.2, -0.15) is 0 Å². The maximum absolute atomic E-state index is 13.1. The standard InChI is InChI=1S/C14H12BrF2N/c15-12-5-11(6-14(17)7-12)9-18-8-10-1-3-13(16)4-2-10/h1-7,18H,8-9H2. The van der Waals surface area contributed by atoms with E-state index < -0.39 is 0 Å². The Kier molecular flexibility index (Phi) is 4.44. The molecule has 2 aromatic rings. The molecular weight excluding hydrogens is 300 g/mol. The summed E-state index contributed by atoms with van der Waals surface area (Å²) in [6.07, 6.45) is 0. The van der Waals surface area contributed by atoms with Gasteiger partial charge in [-0.1, -0.05) is 28.1 Å². The van der Waals surface area contributed by atoms with Crippen molar-refractivity contribution in [2.24, 2.45) is 0 Å². The zero-order valence-corrected chi connectivity index (χ0v) is 11.2. The summed E-state index contributed by atoms with van der Waals surface area (Å²) in [5.41, 5.74) is 1.86. The highest BCUT2D eigenvalue weighted by molar-refractivity contribution is 9.10. The number of halogens is 3. The Hall–Kier alpha value is -1.26. The average Bonchev–Trinajstić information content (AvgIpc) is 2.30. The number of hydrogen-bond donors (Lipinski definition) is 1. The van der Waals surface area contributed by atoms with Crippen molar-refractivity contribution < 1.29 is 8.78 Å². The fourth-order valence-electron chi connectivity index (χ4n) is 1.67. The molecule has 0 fully saturated rings. The van der Waals surface area contributed by atoms with Crippen molar-refractivity contribution >= 4 is 15.9 Å². The van der Waals surface area contributed by atoms with Gasteiger partial charge in [-0.05, 0) is 41.5 Å². The molecule has 0 amide bonds. The molecule has 18 heavy (non-hydrogen) atoms. The summed E-state index contributed by atoms with van der Waals surface area (Å²) in [4.78, 5) is 0. The third-order valence-corrected chi connectivity index (χ3v) is 2.95. The van der Waals surface area contributed by atoms with Gasteiger partial charge in [0.15, 0.2) is 0 Å². The van der Waals surface area contributed by atoms with E-state index in [0.29, 0.717) is 13.1 Å². The predicted molar refractivity (Wildman–Crippen MR) is 71.0 cm³/mol. The van der Waals surface area contributed by atoms with Crippen molar-refractivity contribution in [2.45, 2.75) is 13.1 Å². The summed E-state index contributed by atoms with van der Waals surface area (Å²) in [6, 6.07) is 11.1. The molecule has 2 aromatic carbocycles. The molecule has 4 heteroatoms. The highest BCUT2D eigenvalue weighted by Gasteiger charge is 1.99. The molecule has 1 nitrogen and oxygen atoms in total. The lowest BCUT2D eigenvalue weighted by molar-refractivity contribution is 0.617. The molecule has 0 saturated heterocycles. The molecule has 0 heterocycles. The largest absolute Gasteiger partial charge is 0.309 e. The van der Waals surface area contributed by atoms with Crippen LogP contribution in [0.1, 0.15) is 11.1 Å². The molecule has 0 unspecified atom stereocenters. The minimum absolute atomic E-state index is 0.243. The summed E-state index contributed by atoms with van der Waals surface area (Å²) >= 11 is 3.25. The second-order valence-corrected chi connectivity index (χ2v) is 4.92. The summed E-state index contributed by atoms with van der Waals surface area (Å²) in [5.74, 6) is -0.504. The van der Waals surface area contributed by atoms with E-state index in [2.05, 4.69) is 21.2 Å². The van der Waals surface area contributed by atoms with Crippen LogP contribution in [-0.2, 0) is 13.1 Å². The smallest absolute Gasteiger partial charge is 0.124 e. The van der Waals surface area contributed by atoms with Crippen LogP contribution in [0.5, 0.6) is 0 Å². The third-order valence-electron chi connectivity index (χ3n) is 2.49. The van der Waals surface area contributed by atoms with Crippen LogP contribution in [0.3, 0.4) is 0 Å². The monoisotopic (exact) mass is 311 g/mol. The Morgan fingerprint density at radius 2 is 1.50 bits per heavy atom. The van der Waals surface area contributed by atoms with Crippen molar-refractivity contribution in [3.63, 3.8) is 0 Å². The number of nitrogens with one attached hydrogen (secondary N) is 1. The lowest BCUT2D eigenvalue weighted by atomic mass is 10.2. The Morgan fingerprint density at radius 1 is 0.833 bits per heavy atom. The Bertz CT molecular complexity index is 506. The van der Waals surface area contributed by atoms with E-state index in [1.54, 1.807) is 12.1 Å². The second-order valence-electron chi connectivity index (χ2n) is 4.01. The van der Waals surface area contributed by atoms with E-state index in [9.17, 15) is 8.78 Å².